The first kappa shape index (κ1) is 9.66. The fourth-order valence-corrected chi connectivity index (χ4v) is 1.27. The van der Waals surface area contributed by atoms with Gasteiger partial charge in [0.15, 0.2) is 0 Å². The average Bonchev–Trinajstić information content (AvgIpc) is 2.46. The van der Waals surface area contributed by atoms with Crippen molar-refractivity contribution < 1.29 is 5.11 Å². The summed E-state index contributed by atoms with van der Waals surface area (Å²) in [5.41, 5.74) is 1.23. The van der Waals surface area contributed by atoms with Gasteiger partial charge in [0.1, 0.15) is 0 Å². The number of rotatable bonds is 2. The molecule has 0 atom stereocenters. The lowest BCUT2D eigenvalue weighted by Gasteiger charge is -1.85. The van der Waals surface area contributed by atoms with Gasteiger partial charge in [0, 0.05) is 6.61 Å². The van der Waals surface area contributed by atoms with Gasteiger partial charge in [-0.25, -0.2) is 0 Å². The van der Waals surface area contributed by atoms with E-state index in [-0.39, 0.29) is 6.61 Å². The molecule has 0 bridgehead atoms. The Kier molecular flexibility index (Phi) is 6.55. The summed E-state index contributed by atoms with van der Waals surface area (Å²) in [6.45, 7) is 4.26. The van der Waals surface area contributed by atoms with Crippen LogP contribution in [0.2, 0.25) is 0 Å². The zero-order valence-electron chi connectivity index (χ0n) is 6.50. The first-order chi connectivity index (χ1) is 4.93. The Morgan fingerprint density at radius 2 is 2.20 bits per heavy atom. The highest BCUT2D eigenvalue weighted by molar-refractivity contribution is 7.07. The normalized spacial score (nSPS) is 8.30. The number of aliphatic hydroxyl groups excluding tert-OH is 1. The van der Waals surface area contributed by atoms with Crippen molar-refractivity contribution in [3.8, 4) is 0 Å². The van der Waals surface area contributed by atoms with E-state index in [9.17, 15) is 0 Å². The molecule has 1 nitrogen and oxygen atoms in total. The molecular formula is C8H14OS. The van der Waals surface area contributed by atoms with Crippen LogP contribution in [0.5, 0.6) is 0 Å². The van der Waals surface area contributed by atoms with Gasteiger partial charge in [-0.3, -0.25) is 0 Å². The Balaban J connectivity index is 0.000000371. The standard InChI is InChI=1S/C6H8OS.C2H6/c7-3-1-6-2-4-8-5-6;1-2/h2,4-5,7H,1,3H2;1-2H3. The van der Waals surface area contributed by atoms with Crippen LogP contribution in [-0.2, 0) is 6.42 Å². The average molecular weight is 158 g/mol. The van der Waals surface area contributed by atoms with Gasteiger partial charge in [0.2, 0.25) is 0 Å². The predicted molar refractivity (Wildman–Crippen MR) is 46.5 cm³/mol. The Bertz CT molecular complexity index is 135. The Labute approximate surface area is 66.3 Å². The highest BCUT2D eigenvalue weighted by atomic mass is 32.1. The highest BCUT2D eigenvalue weighted by Gasteiger charge is 1.87. The molecule has 0 saturated heterocycles. The van der Waals surface area contributed by atoms with Gasteiger partial charge in [0.05, 0.1) is 0 Å². The zero-order valence-corrected chi connectivity index (χ0v) is 7.32. The van der Waals surface area contributed by atoms with Crippen molar-refractivity contribution in [3.05, 3.63) is 22.4 Å². The van der Waals surface area contributed by atoms with Crippen molar-refractivity contribution in [2.75, 3.05) is 6.61 Å². The second-order valence-electron chi connectivity index (χ2n) is 1.61. The summed E-state index contributed by atoms with van der Waals surface area (Å²) in [5, 5.41) is 12.5. The summed E-state index contributed by atoms with van der Waals surface area (Å²) in [4.78, 5) is 0. The fourth-order valence-electron chi connectivity index (χ4n) is 0.564. The summed E-state index contributed by atoms with van der Waals surface area (Å²) in [6.07, 6.45) is 0.795. The van der Waals surface area contributed by atoms with Crippen LogP contribution < -0.4 is 0 Å². The number of aliphatic hydroxyl groups is 1. The molecule has 1 aromatic heterocycles. The van der Waals surface area contributed by atoms with Crippen molar-refractivity contribution in [1.29, 1.82) is 0 Å². The van der Waals surface area contributed by atoms with Crippen LogP contribution in [0.15, 0.2) is 16.8 Å². The molecule has 0 radical (unpaired) electrons. The van der Waals surface area contributed by atoms with Crippen molar-refractivity contribution in [2.45, 2.75) is 20.3 Å². The molecule has 0 amide bonds. The van der Waals surface area contributed by atoms with E-state index < -0.39 is 0 Å². The predicted octanol–water partition coefficient (Wildman–Crippen LogP) is 2.31. The van der Waals surface area contributed by atoms with Crippen LogP contribution in [0.1, 0.15) is 19.4 Å². The Morgan fingerprint density at radius 3 is 2.60 bits per heavy atom. The second kappa shape index (κ2) is 6.78. The molecule has 0 aromatic carbocycles. The van der Waals surface area contributed by atoms with Crippen LogP contribution in [0, 0.1) is 0 Å². The topological polar surface area (TPSA) is 20.2 Å². The molecule has 0 aliphatic heterocycles. The van der Waals surface area contributed by atoms with E-state index in [2.05, 4.69) is 5.38 Å². The lowest BCUT2D eigenvalue weighted by Crippen LogP contribution is -1.85. The highest BCUT2D eigenvalue weighted by Crippen LogP contribution is 2.05. The van der Waals surface area contributed by atoms with Crippen LogP contribution in [0.4, 0.5) is 0 Å². The molecule has 1 rings (SSSR count). The maximum atomic E-state index is 8.44. The van der Waals surface area contributed by atoms with Gasteiger partial charge in [-0.2, -0.15) is 11.3 Å². The first-order valence-electron chi connectivity index (χ1n) is 3.55. The lowest BCUT2D eigenvalue weighted by molar-refractivity contribution is 0.300. The monoisotopic (exact) mass is 158 g/mol. The first-order valence-corrected chi connectivity index (χ1v) is 4.49. The molecular weight excluding hydrogens is 144 g/mol. The minimum atomic E-state index is 0.261. The van der Waals surface area contributed by atoms with Gasteiger partial charge >= 0.3 is 0 Å². The van der Waals surface area contributed by atoms with Gasteiger partial charge in [-0.15, -0.1) is 0 Å². The number of thiophene rings is 1. The minimum absolute atomic E-state index is 0.261. The summed E-state index contributed by atoms with van der Waals surface area (Å²) in [5.74, 6) is 0. The summed E-state index contributed by atoms with van der Waals surface area (Å²) in [7, 11) is 0. The lowest BCUT2D eigenvalue weighted by atomic mass is 10.3. The second-order valence-corrected chi connectivity index (χ2v) is 2.39. The molecule has 10 heavy (non-hydrogen) atoms. The SMILES string of the molecule is CC.OCCc1ccsc1. The van der Waals surface area contributed by atoms with Gasteiger partial charge < -0.3 is 5.11 Å². The van der Waals surface area contributed by atoms with Crippen LogP contribution in [0.3, 0.4) is 0 Å². The fraction of sp³-hybridized carbons (Fsp3) is 0.500. The molecule has 0 fully saturated rings. The van der Waals surface area contributed by atoms with E-state index in [1.165, 1.54) is 5.56 Å². The molecule has 1 heterocycles. The quantitative estimate of drug-likeness (QED) is 0.700. The zero-order chi connectivity index (χ0) is 7.82. The van der Waals surface area contributed by atoms with Gasteiger partial charge in [0.25, 0.3) is 0 Å². The molecule has 0 aliphatic carbocycles. The molecule has 1 N–H and O–H groups in total. The van der Waals surface area contributed by atoms with E-state index in [0.29, 0.717) is 0 Å². The van der Waals surface area contributed by atoms with Crippen LogP contribution in [0.25, 0.3) is 0 Å². The van der Waals surface area contributed by atoms with Crippen LogP contribution in [-0.4, -0.2) is 11.7 Å². The number of hydrogen-bond acceptors (Lipinski definition) is 2. The minimum Gasteiger partial charge on any atom is -0.396 e. The van der Waals surface area contributed by atoms with E-state index in [0.717, 1.165) is 6.42 Å². The van der Waals surface area contributed by atoms with Crippen molar-refractivity contribution >= 4 is 11.3 Å². The maximum absolute atomic E-state index is 8.44. The molecule has 0 spiro atoms. The summed E-state index contributed by atoms with van der Waals surface area (Å²) < 4.78 is 0. The number of hydrogen-bond donors (Lipinski definition) is 1. The molecule has 1 aromatic rings. The van der Waals surface area contributed by atoms with Crippen LogP contribution >= 0.6 is 11.3 Å². The van der Waals surface area contributed by atoms with E-state index >= 15 is 0 Å². The third kappa shape index (κ3) is 3.64. The van der Waals surface area contributed by atoms with Crippen molar-refractivity contribution in [2.24, 2.45) is 0 Å². The molecule has 0 unspecified atom stereocenters. The van der Waals surface area contributed by atoms with E-state index in [1.807, 2.05) is 25.3 Å². The summed E-state index contributed by atoms with van der Waals surface area (Å²) >= 11 is 1.67. The maximum Gasteiger partial charge on any atom is 0.0471 e. The summed E-state index contributed by atoms with van der Waals surface area (Å²) in [6, 6.07) is 2.03. The van der Waals surface area contributed by atoms with Gasteiger partial charge in [-0.1, -0.05) is 13.8 Å². The Morgan fingerprint density at radius 1 is 1.50 bits per heavy atom. The Hall–Kier alpha value is -0.340. The third-order valence-electron chi connectivity index (χ3n) is 0.981. The molecule has 2 heteroatoms. The molecule has 0 aliphatic rings. The largest absolute Gasteiger partial charge is 0.396 e. The van der Waals surface area contributed by atoms with Crippen molar-refractivity contribution in [3.63, 3.8) is 0 Å². The van der Waals surface area contributed by atoms with E-state index in [1.54, 1.807) is 11.3 Å². The van der Waals surface area contributed by atoms with Crippen molar-refractivity contribution in [1.82, 2.24) is 0 Å². The third-order valence-corrected chi connectivity index (χ3v) is 1.71. The molecule has 58 valence electrons. The van der Waals surface area contributed by atoms with E-state index in [4.69, 9.17) is 5.11 Å². The smallest absolute Gasteiger partial charge is 0.0471 e. The van der Waals surface area contributed by atoms with Gasteiger partial charge in [-0.05, 0) is 28.8 Å². The molecule has 0 saturated carbocycles.